The maximum atomic E-state index is 9.33. The molecule has 5 heteroatoms. The second-order valence-electron chi connectivity index (χ2n) is 4.01. The van der Waals surface area contributed by atoms with E-state index in [1.807, 2.05) is 19.1 Å². The van der Waals surface area contributed by atoms with Crippen LogP contribution in [0, 0.1) is 0 Å². The van der Waals surface area contributed by atoms with Gasteiger partial charge in [0.15, 0.2) is 6.10 Å². The van der Waals surface area contributed by atoms with E-state index in [0.29, 0.717) is 11.1 Å². The Balaban J connectivity index is 2.35. The van der Waals surface area contributed by atoms with E-state index < -0.39 is 6.10 Å². The molecule has 1 aliphatic heterocycles. The van der Waals surface area contributed by atoms with E-state index >= 15 is 0 Å². The van der Waals surface area contributed by atoms with Crippen molar-refractivity contribution in [2.75, 3.05) is 39.6 Å². The Morgan fingerprint density at radius 1 is 1.62 bits per heavy atom. The minimum atomic E-state index is -0.487. The fourth-order valence-corrected chi connectivity index (χ4v) is 1.78. The molecule has 0 spiro atoms. The molecular formula is C8H18ClN2O2+. The molecule has 78 valence electrons. The summed E-state index contributed by atoms with van der Waals surface area (Å²) in [5, 5.41) is 20.5. The van der Waals surface area contributed by atoms with E-state index in [1.54, 1.807) is 0 Å². The van der Waals surface area contributed by atoms with E-state index in [2.05, 4.69) is 0 Å². The van der Waals surface area contributed by atoms with Crippen molar-refractivity contribution in [2.45, 2.75) is 12.2 Å². The molecule has 0 bridgehead atoms. The van der Waals surface area contributed by atoms with E-state index in [1.165, 1.54) is 0 Å². The van der Waals surface area contributed by atoms with Crippen molar-refractivity contribution in [1.82, 2.24) is 5.01 Å². The van der Waals surface area contributed by atoms with Gasteiger partial charge in [-0.05, 0) is 0 Å². The zero-order valence-electron chi connectivity index (χ0n) is 8.15. The SMILES string of the molecule is CN(CC(O)CCl)[N+]1(C)CC(O)C1. The molecule has 1 fully saturated rings. The molecule has 0 saturated carbocycles. The topological polar surface area (TPSA) is 43.7 Å². The number of hydrogen-bond acceptors (Lipinski definition) is 3. The first-order valence-electron chi connectivity index (χ1n) is 4.46. The predicted molar refractivity (Wildman–Crippen MR) is 51.3 cm³/mol. The van der Waals surface area contributed by atoms with Gasteiger partial charge in [0, 0.05) is 12.9 Å². The van der Waals surface area contributed by atoms with Crippen LogP contribution in [-0.4, -0.2) is 71.6 Å². The second kappa shape index (κ2) is 4.11. The molecule has 1 atom stereocenters. The molecule has 1 heterocycles. The van der Waals surface area contributed by atoms with Crippen LogP contribution in [0.4, 0.5) is 0 Å². The molecule has 0 aromatic heterocycles. The highest BCUT2D eigenvalue weighted by atomic mass is 35.5. The van der Waals surface area contributed by atoms with Gasteiger partial charge in [0.1, 0.15) is 13.1 Å². The highest BCUT2D eigenvalue weighted by molar-refractivity contribution is 6.18. The van der Waals surface area contributed by atoms with Gasteiger partial charge >= 0.3 is 0 Å². The first-order valence-corrected chi connectivity index (χ1v) is 4.99. The average molecular weight is 210 g/mol. The molecule has 1 aliphatic rings. The zero-order chi connectivity index (χ0) is 10.1. The van der Waals surface area contributed by atoms with Gasteiger partial charge in [-0.3, -0.25) is 0 Å². The van der Waals surface area contributed by atoms with Crippen molar-refractivity contribution in [3.63, 3.8) is 0 Å². The predicted octanol–water partition coefficient (Wildman–Crippen LogP) is -0.746. The Hall–Kier alpha value is 0.130. The molecule has 2 N–H and O–H groups in total. The van der Waals surface area contributed by atoms with Crippen molar-refractivity contribution < 1.29 is 14.8 Å². The summed E-state index contributed by atoms with van der Waals surface area (Å²) in [6.07, 6.45) is -0.681. The Morgan fingerprint density at radius 3 is 2.54 bits per heavy atom. The van der Waals surface area contributed by atoms with Crippen LogP contribution in [0.1, 0.15) is 0 Å². The molecule has 1 rings (SSSR count). The standard InChI is InChI=1S/C8H18ClN2O2/c1-10(4-7(12)3-9)11(2)5-8(13)6-11/h7-8,12-13H,3-6H2,1-2H3/q+1. The van der Waals surface area contributed by atoms with E-state index in [-0.39, 0.29) is 12.0 Å². The lowest BCUT2D eigenvalue weighted by Gasteiger charge is -2.50. The van der Waals surface area contributed by atoms with E-state index in [0.717, 1.165) is 13.1 Å². The Morgan fingerprint density at radius 2 is 2.15 bits per heavy atom. The Kier molecular flexibility index (Phi) is 3.54. The molecule has 1 saturated heterocycles. The summed E-state index contributed by atoms with van der Waals surface area (Å²) in [7, 11) is 3.97. The molecule has 13 heavy (non-hydrogen) atoms. The first kappa shape index (κ1) is 11.2. The van der Waals surface area contributed by atoms with Crippen LogP contribution in [-0.2, 0) is 0 Å². The van der Waals surface area contributed by atoms with Crippen LogP contribution in [0.3, 0.4) is 0 Å². The molecule has 0 aliphatic carbocycles. The van der Waals surface area contributed by atoms with Gasteiger partial charge < -0.3 is 10.2 Å². The summed E-state index contributed by atoms with van der Waals surface area (Å²) in [5.41, 5.74) is 0. The number of likely N-dealkylation sites (N-methyl/N-ethyl adjacent to an activating group) is 2. The van der Waals surface area contributed by atoms with Crippen LogP contribution in [0.2, 0.25) is 0 Å². The second-order valence-corrected chi connectivity index (χ2v) is 4.31. The summed E-state index contributed by atoms with van der Waals surface area (Å²) in [5.74, 6) is 0.257. The van der Waals surface area contributed by atoms with Gasteiger partial charge in [-0.15, -0.1) is 11.6 Å². The summed E-state index contributed by atoms with van der Waals surface area (Å²) in [4.78, 5) is 0. The van der Waals surface area contributed by atoms with Gasteiger partial charge in [0.25, 0.3) is 0 Å². The van der Waals surface area contributed by atoms with E-state index in [4.69, 9.17) is 11.6 Å². The zero-order valence-corrected chi connectivity index (χ0v) is 8.91. The first-order chi connectivity index (χ1) is 5.98. The molecule has 0 amide bonds. The number of aliphatic hydroxyl groups is 2. The number of quaternary nitrogens is 1. The lowest BCUT2D eigenvalue weighted by molar-refractivity contribution is -1.05. The maximum absolute atomic E-state index is 9.33. The van der Waals surface area contributed by atoms with Crippen molar-refractivity contribution in [3.8, 4) is 0 Å². The number of nitrogens with zero attached hydrogens (tertiary/aromatic N) is 2. The van der Waals surface area contributed by atoms with Gasteiger partial charge in [-0.25, -0.2) is 4.59 Å². The van der Waals surface area contributed by atoms with Gasteiger partial charge in [-0.2, -0.15) is 5.01 Å². The lowest BCUT2D eigenvalue weighted by Crippen LogP contribution is -2.71. The third-order valence-electron chi connectivity index (χ3n) is 2.69. The van der Waals surface area contributed by atoms with Gasteiger partial charge in [0.05, 0.1) is 19.7 Å². The third-order valence-corrected chi connectivity index (χ3v) is 3.04. The molecule has 0 radical (unpaired) electrons. The fourth-order valence-electron chi connectivity index (χ4n) is 1.68. The van der Waals surface area contributed by atoms with Crippen LogP contribution in [0.5, 0.6) is 0 Å². The van der Waals surface area contributed by atoms with Crippen molar-refractivity contribution in [2.24, 2.45) is 0 Å². The van der Waals surface area contributed by atoms with Gasteiger partial charge in [-0.1, -0.05) is 0 Å². The number of alkyl halides is 1. The molecule has 1 unspecified atom stereocenters. The minimum absolute atomic E-state index is 0.194. The smallest absolute Gasteiger partial charge is 0.155 e. The van der Waals surface area contributed by atoms with Crippen LogP contribution >= 0.6 is 11.6 Å². The summed E-state index contributed by atoms with van der Waals surface area (Å²) in [6, 6.07) is 0. The van der Waals surface area contributed by atoms with Crippen LogP contribution in [0.25, 0.3) is 0 Å². The van der Waals surface area contributed by atoms with E-state index in [9.17, 15) is 10.2 Å². The Labute approximate surface area is 83.9 Å². The third kappa shape index (κ3) is 2.54. The number of halogens is 1. The quantitative estimate of drug-likeness (QED) is 0.473. The van der Waals surface area contributed by atoms with Crippen molar-refractivity contribution in [1.29, 1.82) is 0 Å². The monoisotopic (exact) mass is 209 g/mol. The van der Waals surface area contributed by atoms with Crippen LogP contribution < -0.4 is 0 Å². The van der Waals surface area contributed by atoms with Crippen molar-refractivity contribution in [3.05, 3.63) is 0 Å². The highest BCUT2D eigenvalue weighted by Crippen LogP contribution is 2.19. The van der Waals surface area contributed by atoms with Crippen LogP contribution in [0.15, 0.2) is 0 Å². The number of rotatable bonds is 4. The Bertz CT molecular complexity index is 174. The summed E-state index contributed by atoms with van der Waals surface area (Å²) >= 11 is 5.50. The van der Waals surface area contributed by atoms with Crippen molar-refractivity contribution >= 4 is 11.6 Å². The lowest BCUT2D eigenvalue weighted by atomic mass is 10.1. The summed E-state index contributed by atoms with van der Waals surface area (Å²) < 4.78 is 0.690. The normalized spacial score (nSPS) is 36.0. The number of likely N-dealkylation sites (tertiary alicyclic amines) is 1. The molecule has 4 nitrogen and oxygen atoms in total. The maximum Gasteiger partial charge on any atom is 0.155 e. The molecule has 0 aromatic rings. The van der Waals surface area contributed by atoms with Gasteiger partial charge in [0.2, 0.25) is 0 Å². The average Bonchev–Trinajstić information content (AvgIpc) is 2.01. The summed E-state index contributed by atoms with van der Waals surface area (Å²) in [6.45, 7) is 2.00. The molecular weight excluding hydrogens is 192 g/mol. The number of aliphatic hydroxyl groups excluding tert-OH is 2. The molecule has 0 aromatic carbocycles. The number of hydrogen-bond donors (Lipinski definition) is 2. The fraction of sp³-hybridized carbons (Fsp3) is 1.00. The highest BCUT2D eigenvalue weighted by Gasteiger charge is 2.43. The largest absolute Gasteiger partial charge is 0.390 e. The minimum Gasteiger partial charge on any atom is -0.390 e.